The van der Waals surface area contributed by atoms with Crippen LogP contribution in [-0.2, 0) is 0 Å². The molecule has 0 saturated heterocycles. The molecule has 0 aliphatic carbocycles. The van der Waals surface area contributed by atoms with Crippen LogP contribution in [0.15, 0.2) is 18.2 Å². The van der Waals surface area contributed by atoms with Crippen LogP contribution in [0.25, 0.3) is 0 Å². The van der Waals surface area contributed by atoms with E-state index in [-0.39, 0.29) is 22.8 Å². The topological polar surface area (TPSA) is 69.6 Å². The zero-order valence-electron chi connectivity index (χ0n) is 9.74. The zero-order valence-corrected chi connectivity index (χ0v) is 9.74. The molecule has 4 nitrogen and oxygen atoms in total. The quantitative estimate of drug-likeness (QED) is 0.670. The van der Waals surface area contributed by atoms with E-state index >= 15 is 0 Å². The Bertz CT molecular complexity index is 394. The van der Waals surface area contributed by atoms with Crippen LogP contribution in [0.1, 0.15) is 31.1 Å². The van der Waals surface area contributed by atoms with Gasteiger partial charge in [0.25, 0.3) is 5.91 Å². The van der Waals surface area contributed by atoms with Crippen molar-refractivity contribution in [2.24, 2.45) is 5.41 Å². The summed E-state index contributed by atoms with van der Waals surface area (Å²) in [4.78, 5) is 11.7. The van der Waals surface area contributed by atoms with Crippen molar-refractivity contribution in [3.05, 3.63) is 23.8 Å². The Hall–Kier alpha value is -1.71. The van der Waals surface area contributed by atoms with E-state index in [1.54, 1.807) is 0 Å². The SMILES string of the molecule is CC(C)(C)CNC(=O)c1ccc(O)c(O)c1. The Balaban J connectivity index is 2.70. The van der Waals surface area contributed by atoms with Crippen LogP contribution in [0.5, 0.6) is 11.5 Å². The minimum Gasteiger partial charge on any atom is -0.504 e. The lowest BCUT2D eigenvalue weighted by Gasteiger charge is -2.18. The standard InChI is InChI=1S/C12H17NO3/c1-12(2,3)7-13-11(16)8-4-5-9(14)10(15)6-8/h4-6,14-15H,7H2,1-3H3,(H,13,16). The molecule has 88 valence electrons. The van der Waals surface area contributed by atoms with E-state index < -0.39 is 0 Å². The molecule has 1 aromatic rings. The Morgan fingerprint density at radius 1 is 1.25 bits per heavy atom. The highest BCUT2D eigenvalue weighted by molar-refractivity contribution is 5.94. The van der Waals surface area contributed by atoms with Crippen LogP contribution in [0.2, 0.25) is 0 Å². The van der Waals surface area contributed by atoms with Crippen LogP contribution in [0, 0.1) is 5.41 Å². The van der Waals surface area contributed by atoms with Gasteiger partial charge in [0.1, 0.15) is 0 Å². The van der Waals surface area contributed by atoms with Gasteiger partial charge >= 0.3 is 0 Å². The van der Waals surface area contributed by atoms with E-state index in [2.05, 4.69) is 5.32 Å². The van der Waals surface area contributed by atoms with E-state index in [1.165, 1.54) is 18.2 Å². The molecule has 1 amide bonds. The number of hydrogen-bond donors (Lipinski definition) is 3. The van der Waals surface area contributed by atoms with Gasteiger partial charge in [-0.15, -0.1) is 0 Å². The summed E-state index contributed by atoms with van der Waals surface area (Å²) < 4.78 is 0. The van der Waals surface area contributed by atoms with Gasteiger partial charge in [-0.25, -0.2) is 0 Å². The second-order valence-electron chi connectivity index (χ2n) is 4.95. The lowest BCUT2D eigenvalue weighted by Crippen LogP contribution is -2.32. The van der Waals surface area contributed by atoms with Crippen LogP contribution >= 0.6 is 0 Å². The first-order chi connectivity index (χ1) is 7.29. The molecule has 16 heavy (non-hydrogen) atoms. The molecule has 0 atom stereocenters. The number of benzene rings is 1. The molecule has 1 aromatic carbocycles. The van der Waals surface area contributed by atoms with E-state index in [4.69, 9.17) is 5.11 Å². The van der Waals surface area contributed by atoms with Crippen molar-refractivity contribution in [2.45, 2.75) is 20.8 Å². The van der Waals surface area contributed by atoms with E-state index in [1.807, 2.05) is 20.8 Å². The molecule has 0 bridgehead atoms. The maximum atomic E-state index is 11.7. The number of hydrogen-bond acceptors (Lipinski definition) is 3. The number of nitrogens with one attached hydrogen (secondary N) is 1. The zero-order chi connectivity index (χ0) is 12.3. The lowest BCUT2D eigenvalue weighted by molar-refractivity contribution is 0.0939. The third-order valence-electron chi connectivity index (χ3n) is 2.02. The van der Waals surface area contributed by atoms with Gasteiger partial charge in [-0.05, 0) is 23.6 Å². The summed E-state index contributed by atoms with van der Waals surface area (Å²) >= 11 is 0. The third-order valence-corrected chi connectivity index (χ3v) is 2.02. The van der Waals surface area contributed by atoms with Crippen molar-refractivity contribution in [3.8, 4) is 11.5 Å². The molecule has 0 aliphatic heterocycles. The van der Waals surface area contributed by atoms with Crippen molar-refractivity contribution < 1.29 is 15.0 Å². The smallest absolute Gasteiger partial charge is 0.251 e. The summed E-state index contributed by atoms with van der Waals surface area (Å²) in [6.45, 7) is 6.60. The van der Waals surface area contributed by atoms with Crippen molar-refractivity contribution in [3.63, 3.8) is 0 Å². The van der Waals surface area contributed by atoms with Gasteiger partial charge in [-0.1, -0.05) is 20.8 Å². The van der Waals surface area contributed by atoms with Gasteiger partial charge in [0.05, 0.1) is 0 Å². The van der Waals surface area contributed by atoms with E-state index in [9.17, 15) is 9.90 Å². The molecule has 0 radical (unpaired) electrons. The molecule has 0 heterocycles. The largest absolute Gasteiger partial charge is 0.504 e. The molecule has 0 unspecified atom stereocenters. The van der Waals surface area contributed by atoms with Crippen LogP contribution in [0.4, 0.5) is 0 Å². The molecular formula is C12H17NO3. The van der Waals surface area contributed by atoms with Crippen LogP contribution in [-0.4, -0.2) is 22.7 Å². The predicted octanol–water partition coefficient (Wildman–Crippen LogP) is 1.87. The molecule has 0 aromatic heterocycles. The second-order valence-corrected chi connectivity index (χ2v) is 4.95. The predicted molar refractivity (Wildman–Crippen MR) is 61.6 cm³/mol. The van der Waals surface area contributed by atoms with Gasteiger partial charge in [0.2, 0.25) is 0 Å². The van der Waals surface area contributed by atoms with Crippen molar-refractivity contribution in [1.82, 2.24) is 5.32 Å². The van der Waals surface area contributed by atoms with Gasteiger partial charge < -0.3 is 15.5 Å². The fourth-order valence-corrected chi connectivity index (χ4v) is 1.11. The maximum Gasteiger partial charge on any atom is 0.251 e. The molecule has 0 saturated carbocycles. The first-order valence-corrected chi connectivity index (χ1v) is 5.10. The Morgan fingerprint density at radius 3 is 2.38 bits per heavy atom. The molecule has 0 spiro atoms. The molecule has 1 rings (SSSR count). The second kappa shape index (κ2) is 4.43. The molecule has 3 N–H and O–H groups in total. The summed E-state index contributed by atoms with van der Waals surface area (Å²) in [6.07, 6.45) is 0. The van der Waals surface area contributed by atoms with E-state index in [0.717, 1.165) is 0 Å². The average molecular weight is 223 g/mol. The number of phenolic OH excluding ortho intramolecular Hbond substituents is 2. The fourth-order valence-electron chi connectivity index (χ4n) is 1.11. The number of carbonyl (C=O) groups is 1. The molecular weight excluding hydrogens is 206 g/mol. The normalized spacial score (nSPS) is 11.2. The first kappa shape index (κ1) is 12.4. The summed E-state index contributed by atoms with van der Waals surface area (Å²) in [5.41, 5.74) is 0.341. The Kier molecular flexibility index (Phi) is 3.42. The molecule has 0 fully saturated rings. The minimum atomic E-state index is -0.289. The first-order valence-electron chi connectivity index (χ1n) is 5.10. The van der Waals surface area contributed by atoms with Crippen molar-refractivity contribution in [2.75, 3.05) is 6.54 Å². The van der Waals surface area contributed by atoms with Gasteiger partial charge in [0, 0.05) is 12.1 Å². The lowest BCUT2D eigenvalue weighted by atomic mass is 9.97. The number of aromatic hydroxyl groups is 2. The molecule has 0 aliphatic rings. The van der Waals surface area contributed by atoms with Crippen LogP contribution in [0.3, 0.4) is 0 Å². The highest BCUT2D eigenvalue weighted by Gasteiger charge is 2.13. The minimum absolute atomic E-state index is 0.00856. The Morgan fingerprint density at radius 2 is 1.88 bits per heavy atom. The number of amides is 1. The number of carbonyl (C=O) groups excluding carboxylic acids is 1. The fraction of sp³-hybridized carbons (Fsp3) is 0.417. The Labute approximate surface area is 94.9 Å². The van der Waals surface area contributed by atoms with Crippen LogP contribution < -0.4 is 5.32 Å². The summed E-state index contributed by atoms with van der Waals surface area (Å²) in [5.74, 6) is -0.777. The van der Waals surface area contributed by atoms with Gasteiger partial charge in [-0.3, -0.25) is 4.79 Å². The third kappa shape index (κ3) is 3.46. The number of phenols is 2. The van der Waals surface area contributed by atoms with Crippen molar-refractivity contribution in [1.29, 1.82) is 0 Å². The summed E-state index contributed by atoms with van der Waals surface area (Å²) in [5, 5.41) is 21.1. The summed E-state index contributed by atoms with van der Waals surface area (Å²) in [6, 6.07) is 4.00. The highest BCUT2D eigenvalue weighted by Crippen LogP contribution is 2.24. The molecule has 4 heteroatoms. The van der Waals surface area contributed by atoms with E-state index in [0.29, 0.717) is 12.1 Å². The van der Waals surface area contributed by atoms with Crippen molar-refractivity contribution >= 4 is 5.91 Å². The monoisotopic (exact) mass is 223 g/mol. The average Bonchev–Trinajstić information content (AvgIpc) is 2.17. The maximum absolute atomic E-state index is 11.7. The number of rotatable bonds is 2. The van der Waals surface area contributed by atoms with Gasteiger partial charge in [-0.2, -0.15) is 0 Å². The van der Waals surface area contributed by atoms with Gasteiger partial charge in [0.15, 0.2) is 11.5 Å². The summed E-state index contributed by atoms with van der Waals surface area (Å²) in [7, 11) is 0. The highest BCUT2D eigenvalue weighted by atomic mass is 16.3.